The van der Waals surface area contributed by atoms with E-state index in [0.717, 1.165) is 19.4 Å². The molecular weight excluding hydrogens is 278 g/mol. The van der Waals surface area contributed by atoms with E-state index in [0.29, 0.717) is 12.0 Å². The zero-order valence-electron chi connectivity index (χ0n) is 8.86. The zero-order valence-corrected chi connectivity index (χ0v) is 11.3. The lowest BCUT2D eigenvalue weighted by atomic mass is 9.79. The molecule has 0 amide bonds. The van der Waals surface area contributed by atoms with Crippen molar-refractivity contribution in [3.05, 3.63) is 0 Å². The van der Waals surface area contributed by atoms with Crippen molar-refractivity contribution in [3.63, 3.8) is 0 Å². The van der Waals surface area contributed by atoms with Crippen molar-refractivity contribution in [1.82, 2.24) is 4.31 Å². The largest absolute Gasteiger partial charge is 0.224 e. The second-order valence-electron chi connectivity index (χ2n) is 4.59. The average molecular weight is 296 g/mol. The zero-order chi connectivity index (χ0) is 10.9. The molecular formula is C10H18BrNO2S. The Morgan fingerprint density at radius 3 is 2.53 bits per heavy atom. The summed E-state index contributed by atoms with van der Waals surface area (Å²) in [6.45, 7) is 0.731. The summed E-state index contributed by atoms with van der Waals surface area (Å²) in [5.41, 5.74) is 0. The van der Waals surface area contributed by atoms with Crippen molar-refractivity contribution in [2.45, 2.75) is 44.6 Å². The van der Waals surface area contributed by atoms with Gasteiger partial charge in [0.1, 0.15) is 4.66 Å². The molecule has 1 aliphatic heterocycles. The summed E-state index contributed by atoms with van der Waals surface area (Å²) in [6.07, 6.45) is 7.01. The third-order valence-electron chi connectivity index (χ3n) is 3.69. The van der Waals surface area contributed by atoms with Gasteiger partial charge >= 0.3 is 0 Å². The van der Waals surface area contributed by atoms with Crippen molar-refractivity contribution in [3.8, 4) is 0 Å². The standard InChI is InChI=1S/C10H18BrNO2S/c11-8-15(13,14)12-7-3-5-9-4-1-2-6-10(9)12/h9-10H,1-8H2/t9-,10-/m1/s1. The lowest BCUT2D eigenvalue weighted by Gasteiger charge is -2.42. The first-order chi connectivity index (χ1) is 7.15. The summed E-state index contributed by atoms with van der Waals surface area (Å²) in [5, 5.41) is 0. The van der Waals surface area contributed by atoms with Gasteiger partial charge in [0.2, 0.25) is 10.0 Å². The SMILES string of the molecule is O=S(=O)(CBr)N1CCC[C@H]2CCCC[C@H]21. The van der Waals surface area contributed by atoms with Gasteiger partial charge in [-0.05, 0) is 31.6 Å². The third-order valence-corrected chi connectivity index (χ3v) is 6.87. The van der Waals surface area contributed by atoms with E-state index in [1.54, 1.807) is 4.31 Å². The van der Waals surface area contributed by atoms with E-state index in [4.69, 9.17) is 0 Å². The minimum absolute atomic E-state index is 0.0726. The molecule has 0 aromatic carbocycles. The Bertz CT molecular complexity index is 315. The molecule has 0 aromatic rings. The Labute approximate surface area is 100 Å². The molecule has 2 atom stereocenters. The first kappa shape index (κ1) is 11.9. The molecule has 15 heavy (non-hydrogen) atoms. The summed E-state index contributed by atoms with van der Waals surface area (Å²) in [5.74, 6) is 0.626. The number of alkyl halides is 1. The van der Waals surface area contributed by atoms with Crippen LogP contribution in [0.15, 0.2) is 0 Å². The van der Waals surface area contributed by atoms with Gasteiger partial charge in [-0.2, -0.15) is 4.31 Å². The highest BCUT2D eigenvalue weighted by Crippen LogP contribution is 2.36. The number of hydrogen-bond acceptors (Lipinski definition) is 2. The first-order valence-corrected chi connectivity index (χ1v) is 8.43. The fourth-order valence-corrected chi connectivity index (χ4v) is 5.00. The van der Waals surface area contributed by atoms with Gasteiger partial charge in [-0.25, -0.2) is 8.42 Å². The molecule has 5 heteroatoms. The first-order valence-electron chi connectivity index (χ1n) is 5.70. The lowest BCUT2D eigenvalue weighted by molar-refractivity contribution is 0.129. The molecule has 0 aromatic heterocycles. The van der Waals surface area contributed by atoms with E-state index in [9.17, 15) is 8.42 Å². The highest BCUT2D eigenvalue weighted by Gasteiger charge is 2.38. The van der Waals surface area contributed by atoms with Gasteiger partial charge in [0, 0.05) is 12.6 Å². The topological polar surface area (TPSA) is 37.4 Å². The minimum atomic E-state index is -3.04. The molecule has 0 N–H and O–H groups in total. The van der Waals surface area contributed by atoms with Gasteiger partial charge in [0.15, 0.2) is 0 Å². The van der Waals surface area contributed by atoms with Crippen LogP contribution in [0.3, 0.4) is 0 Å². The Morgan fingerprint density at radius 1 is 1.13 bits per heavy atom. The number of piperidine rings is 1. The normalized spacial score (nSPS) is 33.7. The van der Waals surface area contributed by atoms with Crippen molar-refractivity contribution in [2.24, 2.45) is 5.92 Å². The lowest BCUT2D eigenvalue weighted by Crippen LogP contribution is -2.49. The van der Waals surface area contributed by atoms with Gasteiger partial charge in [0.05, 0.1) is 0 Å². The van der Waals surface area contributed by atoms with Crippen LogP contribution in [0.5, 0.6) is 0 Å². The van der Waals surface area contributed by atoms with Crippen molar-refractivity contribution in [1.29, 1.82) is 0 Å². The van der Waals surface area contributed by atoms with Crippen LogP contribution in [0, 0.1) is 5.92 Å². The summed E-state index contributed by atoms with van der Waals surface area (Å²) >= 11 is 3.09. The average Bonchev–Trinajstić information content (AvgIpc) is 2.28. The maximum absolute atomic E-state index is 11.9. The van der Waals surface area contributed by atoms with Gasteiger partial charge in [0.25, 0.3) is 0 Å². The van der Waals surface area contributed by atoms with Crippen LogP contribution >= 0.6 is 15.9 Å². The molecule has 1 saturated heterocycles. The fraction of sp³-hybridized carbons (Fsp3) is 1.00. The maximum atomic E-state index is 11.9. The summed E-state index contributed by atoms with van der Waals surface area (Å²) < 4.78 is 25.6. The van der Waals surface area contributed by atoms with Gasteiger partial charge in [-0.1, -0.05) is 28.8 Å². The van der Waals surface area contributed by atoms with E-state index in [-0.39, 0.29) is 4.66 Å². The number of sulfonamides is 1. The van der Waals surface area contributed by atoms with Gasteiger partial charge < -0.3 is 0 Å². The van der Waals surface area contributed by atoms with Crippen molar-refractivity contribution < 1.29 is 8.42 Å². The Balaban J connectivity index is 2.17. The molecule has 2 aliphatic rings. The minimum Gasteiger partial charge on any atom is -0.211 e. The van der Waals surface area contributed by atoms with E-state index < -0.39 is 10.0 Å². The second kappa shape index (κ2) is 4.72. The number of rotatable bonds is 2. The molecule has 0 spiro atoms. The van der Waals surface area contributed by atoms with Crippen LogP contribution in [-0.4, -0.2) is 30.0 Å². The fourth-order valence-electron chi connectivity index (χ4n) is 2.99. The predicted octanol–water partition coefficient (Wildman–Crippen LogP) is 2.32. The quantitative estimate of drug-likeness (QED) is 0.733. The molecule has 88 valence electrons. The highest BCUT2D eigenvalue weighted by atomic mass is 79.9. The molecule has 2 fully saturated rings. The third kappa shape index (κ3) is 2.39. The maximum Gasteiger partial charge on any atom is 0.224 e. The van der Waals surface area contributed by atoms with Crippen LogP contribution < -0.4 is 0 Å². The molecule has 2 rings (SSSR count). The number of fused-ring (bicyclic) bond motifs is 1. The Morgan fingerprint density at radius 2 is 1.80 bits per heavy atom. The van der Waals surface area contributed by atoms with Crippen LogP contribution in [-0.2, 0) is 10.0 Å². The monoisotopic (exact) mass is 295 g/mol. The molecule has 0 radical (unpaired) electrons. The second-order valence-corrected chi connectivity index (χ2v) is 7.81. The molecule has 0 bridgehead atoms. The summed E-state index contributed by atoms with van der Waals surface area (Å²) in [4.78, 5) is 0. The predicted molar refractivity (Wildman–Crippen MR) is 64.4 cm³/mol. The molecule has 3 nitrogen and oxygen atoms in total. The van der Waals surface area contributed by atoms with Crippen LogP contribution in [0.2, 0.25) is 0 Å². The van der Waals surface area contributed by atoms with Gasteiger partial charge in [-0.15, -0.1) is 0 Å². The smallest absolute Gasteiger partial charge is 0.211 e. The van der Waals surface area contributed by atoms with Crippen molar-refractivity contribution in [2.75, 3.05) is 11.2 Å². The molecule has 1 saturated carbocycles. The van der Waals surface area contributed by atoms with Crippen LogP contribution in [0.4, 0.5) is 0 Å². The number of hydrogen-bond donors (Lipinski definition) is 0. The Kier molecular flexibility index (Phi) is 3.73. The van der Waals surface area contributed by atoms with Crippen LogP contribution in [0.25, 0.3) is 0 Å². The van der Waals surface area contributed by atoms with Crippen LogP contribution in [0.1, 0.15) is 38.5 Å². The summed E-state index contributed by atoms with van der Waals surface area (Å²) in [6, 6.07) is 0.301. The van der Waals surface area contributed by atoms with Crippen molar-refractivity contribution >= 4 is 26.0 Å². The highest BCUT2D eigenvalue weighted by molar-refractivity contribution is 9.10. The molecule has 0 unspecified atom stereocenters. The number of nitrogens with zero attached hydrogens (tertiary/aromatic N) is 1. The van der Waals surface area contributed by atoms with E-state index in [1.807, 2.05) is 0 Å². The Hall–Kier alpha value is 0.390. The number of halogens is 1. The molecule has 1 aliphatic carbocycles. The van der Waals surface area contributed by atoms with Gasteiger partial charge in [-0.3, -0.25) is 0 Å². The van der Waals surface area contributed by atoms with E-state index in [1.165, 1.54) is 25.7 Å². The molecule has 1 heterocycles. The van der Waals surface area contributed by atoms with E-state index in [2.05, 4.69) is 15.9 Å². The summed E-state index contributed by atoms with van der Waals surface area (Å²) in [7, 11) is -3.04. The van der Waals surface area contributed by atoms with E-state index >= 15 is 0 Å².